The zero-order valence-electron chi connectivity index (χ0n) is 7.99. The van der Waals surface area contributed by atoms with Gasteiger partial charge < -0.3 is 9.84 Å². The lowest BCUT2D eigenvalue weighted by atomic mass is 9.97. The molecule has 0 fully saturated rings. The Labute approximate surface area is 82.3 Å². The fourth-order valence-electron chi connectivity index (χ4n) is 1.70. The number of aryl methyl sites for hydroxylation is 1. The fraction of sp³-hybridized carbons (Fsp3) is 0.364. The third-order valence-corrected chi connectivity index (χ3v) is 2.48. The van der Waals surface area contributed by atoms with Crippen LogP contribution in [0.4, 0.5) is 0 Å². The number of ether oxygens (including phenoxy) is 1. The van der Waals surface area contributed by atoms with Crippen molar-refractivity contribution in [2.45, 2.75) is 26.1 Å². The van der Waals surface area contributed by atoms with Crippen LogP contribution in [0.2, 0.25) is 0 Å². The van der Waals surface area contributed by atoms with Crippen molar-refractivity contribution in [3.8, 4) is 0 Å². The van der Waals surface area contributed by atoms with E-state index in [0.29, 0.717) is 13.0 Å². The van der Waals surface area contributed by atoms with Gasteiger partial charge in [0.15, 0.2) is 6.10 Å². The first kappa shape index (κ1) is 9.21. The van der Waals surface area contributed by atoms with E-state index in [2.05, 4.69) is 0 Å². The Kier molecular flexibility index (Phi) is 2.25. The Balaban J connectivity index is 2.27. The van der Waals surface area contributed by atoms with Gasteiger partial charge in [-0.1, -0.05) is 23.8 Å². The number of carbonyl (C=O) groups is 1. The highest BCUT2D eigenvalue weighted by atomic mass is 16.5. The molecule has 1 aromatic rings. The van der Waals surface area contributed by atoms with Crippen molar-refractivity contribution in [2.24, 2.45) is 0 Å². The zero-order chi connectivity index (χ0) is 10.1. The number of benzene rings is 1. The minimum Gasteiger partial charge on any atom is -0.479 e. The van der Waals surface area contributed by atoms with E-state index in [1.165, 1.54) is 5.56 Å². The maximum absolute atomic E-state index is 10.7. The number of hydrogen-bond donors (Lipinski definition) is 1. The van der Waals surface area contributed by atoms with E-state index < -0.39 is 12.1 Å². The topological polar surface area (TPSA) is 46.5 Å². The maximum atomic E-state index is 10.7. The summed E-state index contributed by atoms with van der Waals surface area (Å²) in [5.74, 6) is -0.878. The van der Waals surface area contributed by atoms with Crippen molar-refractivity contribution in [1.29, 1.82) is 0 Å². The molecule has 3 nitrogen and oxygen atoms in total. The number of rotatable bonds is 1. The Hall–Kier alpha value is -1.35. The fourth-order valence-corrected chi connectivity index (χ4v) is 1.70. The van der Waals surface area contributed by atoms with E-state index in [1.807, 2.05) is 25.1 Å². The molecule has 1 atom stereocenters. The van der Waals surface area contributed by atoms with E-state index in [0.717, 1.165) is 11.1 Å². The molecule has 74 valence electrons. The Morgan fingerprint density at radius 3 is 3.00 bits per heavy atom. The van der Waals surface area contributed by atoms with Gasteiger partial charge in [0.1, 0.15) is 0 Å². The molecule has 0 aromatic heterocycles. The van der Waals surface area contributed by atoms with Crippen LogP contribution in [0.5, 0.6) is 0 Å². The van der Waals surface area contributed by atoms with Crippen LogP contribution in [0, 0.1) is 6.92 Å². The van der Waals surface area contributed by atoms with Gasteiger partial charge in [-0.3, -0.25) is 0 Å². The first-order valence-corrected chi connectivity index (χ1v) is 4.59. The Morgan fingerprint density at radius 1 is 1.50 bits per heavy atom. The maximum Gasteiger partial charge on any atom is 0.333 e. The van der Waals surface area contributed by atoms with Crippen LogP contribution in [0.25, 0.3) is 0 Å². The van der Waals surface area contributed by atoms with Crippen molar-refractivity contribution in [3.05, 3.63) is 34.9 Å². The summed E-state index contributed by atoms with van der Waals surface area (Å²) < 4.78 is 5.22. The number of carboxylic acids is 1. The summed E-state index contributed by atoms with van der Waals surface area (Å²) in [7, 11) is 0. The molecule has 0 spiro atoms. The molecule has 0 saturated heterocycles. The second-order valence-corrected chi connectivity index (χ2v) is 3.61. The van der Waals surface area contributed by atoms with Crippen molar-refractivity contribution >= 4 is 5.97 Å². The highest BCUT2D eigenvalue weighted by molar-refractivity contribution is 5.73. The lowest BCUT2D eigenvalue weighted by molar-refractivity contribution is -0.152. The zero-order valence-corrected chi connectivity index (χ0v) is 7.99. The lowest BCUT2D eigenvalue weighted by Crippen LogP contribution is -2.30. The van der Waals surface area contributed by atoms with E-state index in [-0.39, 0.29) is 0 Å². The van der Waals surface area contributed by atoms with Gasteiger partial charge in [0.05, 0.1) is 6.61 Å². The number of hydrogen-bond acceptors (Lipinski definition) is 2. The minimum atomic E-state index is -0.878. The molecular formula is C11H12O3. The molecule has 0 aliphatic carbocycles. The normalized spacial score (nSPS) is 20.2. The third kappa shape index (κ3) is 1.63. The predicted octanol–water partition coefficient (Wildman–Crippen LogP) is 1.52. The van der Waals surface area contributed by atoms with Crippen molar-refractivity contribution in [1.82, 2.24) is 0 Å². The van der Waals surface area contributed by atoms with E-state index in [9.17, 15) is 4.79 Å². The molecular weight excluding hydrogens is 180 g/mol. The van der Waals surface area contributed by atoms with Gasteiger partial charge in [0, 0.05) is 6.42 Å². The Morgan fingerprint density at radius 2 is 2.29 bits per heavy atom. The largest absolute Gasteiger partial charge is 0.479 e. The quantitative estimate of drug-likeness (QED) is 0.733. The molecule has 1 heterocycles. The van der Waals surface area contributed by atoms with Gasteiger partial charge in [-0.25, -0.2) is 4.79 Å². The van der Waals surface area contributed by atoms with E-state index in [4.69, 9.17) is 9.84 Å². The molecule has 1 N–H and O–H groups in total. The number of fused-ring (bicyclic) bond motifs is 1. The van der Waals surface area contributed by atoms with Gasteiger partial charge >= 0.3 is 5.97 Å². The van der Waals surface area contributed by atoms with Gasteiger partial charge in [-0.15, -0.1) is 0 Å². The number of aliphatic carboxylic acids is 1. The molecule has 0 bridgehead atoms. The molecule has 1 aliphatic heterocycles. The summed E-state index contributed by atoms with van der Waals surface area (Å²) >= 11 is 0. The van der Waals surface area contributed by atoms with Crippen molar-refractivity contribution in [3.63, 3.8) is 0 Å². The van der Waals surface area contributed by atoms with Gasteiger partial charge in [-0.2, -0.15) is 0 Å². The van der Waals surface area contributed by atoms with Crippen LogP contribution in [-0.2, 0) is 22.6 Å². The summed E-state index contributed by atoms with van der Waals surface area (Å²) in [6, 6.07) is 6.04. The third-order valence-electron chi connectivity index (χ3n) is 2.48. The standard InChI is InChI=1S/C11H12O3/c1-7-2-3-8-5-10(11(12)13)14-6-9(8)4-7/h2-4,10H,5-6H2,1H3,(H,12,13). The predicted molar refractivity (Wildman–Crippen MR) is 51.1 cm³/mol. The summed E-state index contributed by atoms with van der Waals surface area (Å²) in [5, 5.41) is 8.79. The minimum absolute atomic E-state index is 0.411. The van der Waals surface area contributed by atoms with Gasteiger partial charge in [-0.05, 0) is 18.1 Å². The second kappa shape index (κ2) is 3.42. The summed E-state index contributed by atoms with van der Waals surface area (Å²) in [5.41, 5.74) is 3.39. The van der Waals surface area contributed by atoms with E-state index >= 15 is 0 Å². The molecule has 1 aromatic carbocycles. The summed E-state index contributed by atoms with van der Waals surface area (Å²) in [6.45, 7) is 2.43. The van der Waals surface area contributed by atoms with Gasteiger partial charge in [0.2, 0.25) is 0 Å². The van der Waals surface area contributed by atoms with Crippen LogP contribution in [-0.4, -0.2) is 17.2 Å². The lowest BCUT2D eigenvalue weighted by Gasteiger charge is -2.22. The molecule has 3 heteroatoms. The molecule has 0 radical (unpaired) electrons. The highest BCUT2D eigenvalue weighted by Crippen LogP contribution is 2.21. The molecule has 0 saturated carbocycles. The molecule has 1 unspecified atom stereocenters. The van der Waals surface area contributed by atoms with E-state index in [1.54, 1.807) is 0 Å². The van der Waals surface area contributed by atoms with Gasteiger partial charge in [0.25, 0.3) is 0 Å². The first-order chi connectivity index (χ1) is 6.66. The first-order valence-electron chi connectivity index (χ1n) is 4.59. The van der Waals surface area contributed by atoms with Crippen molar-refractivity contribution in [2.75, 3.05) is 0 Å². The SMILES string of the molecule is Cc1ccc2c(c1)COC(C(=O)O)C2. The second-order valence-electron chi connectivity index (χ2n) is 3.61. The molecule has 1 aliphatic rings. The van der Waals surface area contributed by atoms with Crippen LogP contribution in [0.1, 0.15) is 16.7 Å². The molecule has 14 heavy (non-hydrogen) atoms. The highest BCUT2D eigenvalue weighted by Gasteiger charge is 2.24. The van der Waals surface area contributed by atoms with Crippen LogP contribution < -0.4 is 0 Å². The Bertz CT molecular complexity index is 371. The number of carboxylic acid groups (broad SMARTS) is 1. The van der Waals surface area contributed by atoms with Crippen LogP contribution in [0.3, 0.4) is 0 Å². The smallest absolute Gasteiger partial charge is 0.333 e. The molecule has 0 amide bonds. The van der Waals surface area contributed by atoms with Crippen LogP contribution in [0.15, 0.2) is 18.2 Å². The summed E-state index contributed by atoms with van der Waals surface area (Å²) in [6.07, 6.45) is -0.199. The van der Waals surface area contributed by atoms with Crippen molar-refractivity contribution < 1.29 is 14.6 Å². The monoisotopic (exact) mass is 192 g/mol. The summed E-state index contributed by atoms with van der Waals surface area (Å²) in [4.78, 5) is 10.7. The van der Waals surface area contributed by atoms with Crippen LogP contribution >= 0.6 is 0 Å². The average Bonchev–Trinajstić information content (AvgIpc) is 2.16. The molecule has 2 rings (SSSR count). The average molecular weight is 192 g/mol.